The second kappa shape index (κ2) is 14.8. The average molecular weight is 485 g/mol. The molecular weight excluding hydrogens is 420 g/mol. The Morgan fingerprint density at radius 2 is 1.03 bits per heavy atom. The van der Waals surface area contributed by atoms with Crippen molar-refractivity contribution in [3.05, 3.63) is 0 Å². The summed E-state index contributed by atoms with van der Waals surface area (Å²) in [6.07, 6.45) is 40.3. The highest BCUT2D eigenvalue weighted by Crippen LogP contribution is 2.55. The van der Waals surface area contributed by atoms with Crippen LogP contribution in [0.1, 0.15) is 181 Å². The van der Waals surface area contributed by atoms with Crippen LogP contribution >= 0.6 is 0 Å². The van der Waals surface area contributed by atoms with Crippen LogP contribution in [0.5, 0.6) is 0 Å². The highest BCUT2D eigenvalue weighted by molar-refractivity contribution is 4.94. The first-order chi connectivity index (χ1) is 17.2. The molecule has 4 rings (SSSR count). The van der Waals surface area contributed by atoms with Gasteiger partial charge in [-0.05, 0) is 79.4 Å². The van der Waals surface area contributed by atoms with Gasteiger partial charge in [-0.2, -0.15) is 0 Å². The summed E-state index contributed by atoms with van der Waals surface area (Å²) >= 11 is 0. The number of hydrogen-bond acceptors (Lipinski definition) is 0. The molecule has 204 valence electrons. The molecular formula is C35H64. The quantitative estimate of drug-likeness (QED) is 0.241. The van der Waals surface area contributed by atoms with Gasteiger partial charge in [0.15, 0.2) is 0 Å². The molecule has 4 aliphatic rings. The van der Waals surface area contributed by atoms with Crippen LogP contribution in [-0.2, 0) is 0 Å². The smallest absolute Gasteiger partial charge is 0.0267 e. The molecule has 0 aliphatic heterocycles. The van der Waals surface area contributed by atoms with E-state index in [-0.39, 0.29) is 0 Å². The van der Waals surface area contributed by atoms with Crippen LogP contribution in [0.25, 0.3) is 0 Å². The molecule has 0 aromatic heterocycles. The third kappa shape index (κ3) is 8.50. The summed E-state index contributed by atoms with van der Waals surface area (Å²) in [7, 11) is 0. The topological polar surface area (TPSA) is 0 Å². The van der Waals surface area contributed by atoms with Gasteiger partial charge in [0.05, 0.1) is 0 Å². The van der Waals surface area contributed by atoms with Crippen molar-refractivity contribution in [3.63, 3.8) is 0 Å². The minimum absolute atomic E-state index is 0.765. The molecule has 0 spiro atoms. The standard InChI is InChI=1S/C35H64/c1-3-5-6-8-12-30-13-17-31(18-14-30)27-32-21-23-34(24-22-32)35(25-9-7-10-26-35)28-33-19-15-29(11-4-2)16-20-33/h29-34H,3-28H2,1-2H3/t29-,30-,31-,32-,33-,34-. The molecule has 0 heteroatoms. The van der Waals surface area contributed by atoms with E-state index in [1.165, 1.54) is 44.9 Å². The Balaban J connectivity index is 1.19. The van der Waals surface area contributed by atoms with E-state index in [0.29, 0.717) is 0 Å². The van der Waals surface area contributed by atoms with Crippen LogP contribution in [-0.4, -0.2) is 0 Å². The fraction of sp³-hybridized carbons (Fsp3) is 1.00. The highest BCUT2D eigenvalue weighted by Gasteiger charge is 2.43. The van der Waals surface area contributed by atoms with Crippen molar-refractivity contribution in [2.24, 2.45) is 40.9 Å². The third-order valence-electron chi connectivity index (χ3n) is 12.0. The van der Waals surface area contributed by atoms with Crippen molar-refractivity contribution >= 4 is 0 Å². The van der Waals surface area contributed by atoms with Crippen molar-refractivity contribution in [2.75, 3.05) is 0 Å². The predicted molar refractivity (Wildman–Crippen MR) is 155 cm³/mol. The lowest BCUT2D eigenvalue weighted by molar-refractivity contribution is 0.0181. The summed E-state index contributed by atoms with van der Waals surface area (Å²) in [4.78, 5) is 0. The van der Waals surface area contributed by atoms with Gasteiger partial charge in [0.25, 0.3) is 0 Å². The number of hydrogen-bond donors (Lipinski definition) is 0. The maximum absolute atomic E-state index is 2.39. The summed E-state index contributed by atoms with van der Waals surface area (Å²) in [5.41, 5.74) is 0.765. The first kappa shape index (κ1) is 28.0. The molecule has 0 atom stereocenters. The monoisotopic (exact) mass is 485 g/mol. The predicted octanol–water partition coefficient (Wildman–Crippen LogP) is 11.9. The maximum Gasteiger partial charge on any atom is -0.0267 e. The average Bonchev–Trinajstić information content (AvgIpc) is 2.90. The van der Waals surface area contributed by atoms with E-state index in [4.69, 9.17) is 0 Å². The molecule has 4 saturated carbocycles. The van der Waals surface area contributed by atoms with Crippen LogP contribution in [0.2, 0.25) is 0 Å². The molecule has 0 saturated heterocycles. The molecule has 0 nitrogen and oxygen atoms in total. The van der Waals surface area contributed by atoms with Gasteiger partial charge < -0.3 is 0 Å². The first-order valence-electron chi connectivity index (χ1n) is 17.2. The maximum atomic E-state index is 2.39. The first-order valence-corrected chi connectivity index (χ1v) is 17.2. The summed E-state index contributed by atoms with van der Waals surface area (Å²) in [6.45, 7) is 4.73. The molecule has 0 aromatic carbocycles. The van der Waals surface area contributed by atoms with Crippen LogP contribution in [0.4, 0.5) is 0 Å². The van der Waals surface area contributed by atoms with Gasteiger partial charge in [-0.3, -0.25) is 0 Å². The Morgan fingerprint density at radius 1 is 0.486 bits per heavy atom. The van der Waals surface area contributed by atoms with E-state index in [1.54, 1.807) is 122 Å². The minimum Gasteiger partial charge on any atom is -0.0654 e. The highest BCUT2D eigenvalue weighted by atomic mass is 14.5. The lowest BCUT2D eigenvalue weighted by atomic mass is 9.56. The van der Waals surface area contributed by atoms with Crippen molar-refractivity contribution in [1.82, 2.24) is 0 Å². The Bertz CT molecular complexity index is 532. The Kier molecular flexibility index (Phi) is 11.9. The second-order valence-electron chi connectivity index (χ2n) is 14.5. The number of rotatable bonds is 12. The van der Waals surface area contributed by atoms with E-state index in [2.05, 4.69) is 13.8 Å². The third-order valence-corrected chi connectivity index (χ3v) is 12.0. The zero-order valence-electron chi connectivity index (χ0n) is 24.3. The molecule has 0 unspecified atom stereocenters. The summed E-state index contributed by atoms with van der Waals surface area (Å²) in [6, 6.07) is 0. The normalized spacial score (nSPS) is 36.2. The van der Waals surface area contributed by atoms with Crippen molar-refractivity contribution in [1.29, 1.82) is 0 Å². The van der Waals surface area contributed by atoms with Gasteiger partial charge in [0, 0.05) is 0 Å². The Hall–Kier alpha value is 0. The molecule has 0 radical (unpaired) electrons. The van der Waals surface area contributed by atoms with Crippen LogP contribution in [0.3, 0.4) is 0 Å². The summed E-state index contributed by atoms with van der Waals surface area (Å²) in [5.74, 6) is 6.50. The SMILES string of the molecule is CCCCCC[C@H]1CC[C@H](C[C@H]2CC[C@H](C3(C[C@H]4CC[C@H](CCC)CC4)CCCCC3)CC2)CC1. The fourth-order valence-corrected chi connectivity index (χ4v) is 9.84. The van der Waals surface area contributed by atoms with Crippen molar-refractivity contribution in [2.45, 2.75) is 181 Å². The molecule has 4 aliphatic carbocycles. The Morgan fingerprint density at radius 3 is 1.63 bits per heavy atom. The van der Waals surface area contributed by atoms with Crippen molar-refractivity contribution < 1.29 is 0 Å². The second-order valence-corrected chi connectivity index (χ2v) is 14.5. The molecule has 0 N–H and O–H groups in total. The minimum atomic E-state index is 0.765. The molecule has 0 amide bonds. The zero-order valence-corrected chi connectivity index (χ0v) is 24.3. The van der Waals surface area contributed by atoms with E-state index < -0.39 is 0 Å². The van der Waals surface area contributed by atoms with Crippen molar-refractivity contribution in [3.8, 4) is 0 Å². The van der Waals surface area contributed by atoms with Gasteiger partial charge in [0.2, 0.25) is 0 Å². The van der Waals surface area contributed by atoms with Gasteiger partial charge in [-0.1, -0.05) is 142 Å². The lowest BCUT2D eigenvalue weighted by Crippen LogP contribution is -2.38. The van der Waals surface area contributed by atoms with Gasteiger partial charge >= 0.3 is 0 Å². The van der Waals surface area contributed by atoms with E-state index in [1.807, 2.05) is 0 Å². The molecule has 35 heavy (non-hydrogen) atoms. The Labute approximate surface area is 221 Å². The van der Waals surface area contributed by atoms with Crippen LogP contribution in [0.15, 0.2) is 0 Å². The summed E-state index contributed by atoms with van der Waals surface area (Å²) < 4.78 is 0. The summed E-state index contributed by atoms with van der Waals surface area (Å²) in [5, 5.41) is 0. The van der Waals surface area contributed by atoms with Crippen LogP contribution < -0.4 is 0 Å². The molecule has 0 heterocycles. The van der Waals surface area contributed by atoms with Crippen LogP contribution in [0, 0.1) is 40.9 Å². The largest absolute Gasteiger partial charge is 0.0654 e. The molecule has 0 bridgehead atoms. The van der Waals surface area contributed by atoms with Gasteiger partial charge in [0.1, 0.15) is 0 Å². The fourth-order valence-electron chi connectivity index (χ4n) is 9.84. The molecule has 0 aromatic rings. The number of unbranched alkanes of at least 4 members (excludes halogenated alkanes) is 3. The van der Waals surface area contributed by atoms with Gasteiger partial charge in [-0.25, -0.2) is 0 Å². The molecule has 4 fully saturated rings. The van der Waals surface area contributed by atoms with E-state index >= 15 is 0 Å². The van der Waals surface area contributed by atoms with E-state index in [0.717, 1.165) is 40.9 Å². The lowest BCUT2D eigenvalue weighted by Gasteiger charge is -2.49. The zero-order chi connectivity index (χ0) is 24.3. The van der Waals surface area contributed by atoms with E-state index in [9.17, 15) is 0 Å². The van der Waals surface area contributed by atoms with Gasteiger partial charge in [-0.15, -0.1) is 0 Å².